The van der Waals surface area contributed by atoms with Crippen LogP contribution in [0.15, 0.2) is 47.1 Å². The molecule has 1 heterocycles. The van der Waals surface area contributed by atoms with Gasteiger partial charge in [-0.05, 0) is 36.4 Å². The predicted molar refractivity (Wildman–Crippen MR) is 67.0 cm³/mol. The number of halogens is 2. The van der Waals surface area contributed by atoms with Crippen molar-refractivity contribution in [2.24, 2.45) is 0 Å². The normalized spacial score (nSPS) is 10.3. The molecule has 0 aliphatic heterocycles. The third kappa shape index (κ3) is 2.90. The molecule has 1 aromatic heterocycles. The minimum atomic E-state index is -0.352. The van der Waals surface area contributed by atoms with Gasteiger partial charge in [0.05, 0.1) is 12.8 Å². The fourth-order valence-electron chi connectivity index (χ4n) is 1.58. The van der Waals surface area contributed by atoms with E-state index in [1.807, 2.05) is 0 Å². The number of benzene rings is 1. The quantitative estimate of drug-likeness (QED) is 0.797. The monoisotopic (exact) mass is 267 g/mol. The maximum atomic E-state index is 12.9. The summed E-state index contributed by atoms with van der Waals surface area (Å²) in [4.78, 5) is 13.2. The van der Waals surface area contributed by atoms with Crippen LogP contribution in [0.25, 0.3) is 0 Å². The summed E-state index contributed by atoms with van der Waals surface area (Å²) >= 11 is 5.57. The number of alkyl halides is 1. The number of carbonyl (C=O) groups is 1. The van der Waals surface area contributed by atoms with E-state index < -0.39 is 0 Å². The summed E-state index contributed by atoms with van der Waals surface area (Å²) in [5, 5.41) is 0. The minimum Gasteiger partial charge on any atom is -0.467 e. The van der Waals surface area contributed by atoms with Crippen molar-refractivity contribution in [3.63, 3.8) is 0 Å². The first-order valence-corrected chi connectivity index (χ1v) is 5.88. The van der Waals surface area contributed by atoms with E-state index in [0.29, 0.717) is 11.4 Å². The molecular formula is C13H11ClFNO2. The lowest BCUT2D eigenvalue weighted by Crippen LogP contribution is -2.31. The molecule has 1 amide bonds. The van der Waals surface area contributed by atoms with Crippen molar-refractivity contribution in [1.29, 1.82) is 0 Å². The van der Waals surface area contributed by atoms with Gasteiger partial charge in [0.1, 0.15) is 17.5 Å². The first-order valence-electron chi connectivity index (χ1n) is 5.35. The molecule has 5 heteroatoms. The number of amides is 1. The largest absolute Gasteiger partial charge is 0.467 e. The van der Waals surface area contributed by atoms with Crippen molar-refractivity contribution < 1.29 is 13.6 Å². The van der Waals surface area contributed by atoms with Crippen LogP contribution in [-0.4, -0.2) is 11.8 Å². The highest BCUT2D eigenvalue weighted by Gasteiger charge is 2.16. The third-order valence-electron chi connectivity index (χ3n) is 2.45. The Kier molecular flexibility index (Phi) is 3.99. The number of carbonyl (C=O) groups excluding carboxylic acids is 1. The van der Waals surface area contributed by atoms with Gasteiger partial charge in [-0.3, -0.25) is 4.79 Å². The van der Waals surface area contributed by atoms with E-state index in [1.54, 1.807) is 12.1 Å². The molecule has 2 aromatic rings. The zero-order valence-electron chi connectivity index (χ0n) is 9.48. The number of nitrogens with zero attached hydrogens (tertiary/aromatic N) is 1. The van der Waals surface area contributed by atoms with Gasteiger partial charge in [-0.25, -0.2) is 4.39 Å². The van der Waals surface area contributed by atoms with Crippen molar-refractivity contribution in [3.05, 3.63) is 54.2 Å². The summed E-state index contributed by atoms with van der Waals surface area (Å²) in [5.74, 6) is -0.120. The second kappa shape index (κ2) is 5.69. The summed E-state index contributed by atoms with van der Waals surface area (Å²) in [6.07, 6.45) is 1.53. The first kappa shape index (κ1) is 12.6. The van der Waals surface area contributed by atoms with Crippen LogP contribution in [0.1, 0.15) is 5.76 Å². The zero-order valence-corrected chi connectivity index (χ0v) is 10.2. The second-order valence-corrected chi connectivity index (χ2v) is 3.94. The van der Waals surface area contributed by atoms with E-state index in [0.717, 1.165) is 0 Å². The number of hydrogen-bond donors (Lipinski definition) is 0. The van der Waals surface area contributed by atoms with Gasteiger partial charge >= 0.3 is 0 Å². The Bertz CT molecular complexity index is 510. The maximum absolute atomic E-state index is 12.9. The van der Waals surface area contributed by atoms with Gasteiger partial charge in [0.2, 0.25) is 5.91 Å². The van der Waals surface area contributed by atoms with Gasteiger partial charge in [0.15, 0.2) is 0 Å². The van der Waals surface area contributed by atoms with Gasteiger partial charge in [-0.2, -0.15) is 0 Å². The zero-order chi connectivity index (χ0) is 13.0. The summed E-state index contributed by atoms with van der Waals surface area (Å²) in [6.45, 7) is 0.268. The van der Waals surface area contributed by atoms with Gasteiger partial charge in [0, 0.05) is 5.69 Å². The Morgan fingerprint density at radius 3 is 2.56 bits per heavy atom. The Morgan fingerprint density at radius 2 is 2.00 bits per heavy atom. The lowest BCUT2D eigenvalue weighted by atomic mass is 10.2. The number of hydrogen-bond acceptors (Lipinski definition) is 2. The maximum Gasteiger partial charge on any atom is 0.242 e. The molecule has 0 aliphatic carbocycles. The van der Waals surface area contributed by atoms with E-state index in [2.05, 4.69) is 0 Å². The smallest absolute Gasteiger partial charge is 0.242 e. The average Bonchev–Trinajstić information content (AvgIpc) is 2.89. The SMILES string of the molecule is O=C(CCl)N(Cc1ccco1)c1ccc(F)cc1. The molecule has 0 spiro atoms. The standard InChI is InChI=1S/C13H11ClFNO2/c14-8-13(17)16(9-12-2-1-7-18-12)11-5-3-10(15)4-6-11/h1-7H,8-9H2. The summed E-state index contributed by atoms with van der Waals surface area (Å²) in [5.41, 5.74) is 0.582. The molecule has 1 aromatic carbocycles. The molecule has 0 fully saturated rings. The van der Waals surface area contributed by atoms with Crippen LogP contribution in [0, 0.1) is 5.82 Å². The first-order chi connectivity index (χ1) is 8.70. The number of furan rings is 1. The summed E-state index contributed by atoms with van der Waals surface area (Å²) in [7, 11) is 0. The highest BCUT2D eigenvalue weighted by molar-refractivity contribution is 6.29. The highest BCUT2D eigenvalue weighted by atomic mass is 35.5. The van der Waals surface area contributed by atoms with E-state index in [9.17, 15) is 9.18 Å². The van der Waals surface area contributed by atoms with Crippen LogP contribution < -0.4 is 4.90 Å². The molecule has 0 unspecified atom stereocenters. The molecule has 0 bridgehead atoms. The molecular weight excluding hydrogens is 257 g/mol. The van der Waals surface area contributed by atoms with Gasteiger partial charge in [0.25, 0.3) is 0 Å². The molecule has 0 saturated heterocycles. The van der Waals surface area contributed by atoms with Crippen molar-refractivity contribution in [3.8, 4) is 0 Å². The Morgan fingerprint density at radius 1 is 1.28 bits per heavy atom. The summed E-state index contributed by atoms with van der Waals surface area (Å²) in [6, 6.07) is 9.16. The predicted octanol–water partition coefficient (Wildman–Crippen LogP) is 3.19. The number of rotatable bonds is 4. The van der Waals surface area contributed by atoms with E-state index >= 15 is 0 Å². The van der Waals surface area contributed by atoms with Gasteiger partial charge in [-0.1, -0.05) is 0 Å². The molecule has 0 aliphatic rings. The third-order valence-corrected chi connectivity index (χ3v) is 2.68. The van der Waals surface area contributed by atoms with E-state index in [1.165, 1.54) is 35.4 Å². The van der Waals surface area contributed by atoms with Crippen LogP contribution in [0.5, 0.6) is 0 Å². The van der Waals surface area contributed by atoms with Crippen molar-refractivity contribution >= 4 is 23.2 Å². The molecule has 94 valence electrons. The fraction of sp³-hybridized carbons (Fsp3) is 0.154. The molecule has 0 radical (unpaired) electrons. The van der Waals surface area contributed by atoms with Crippen LogP contribution >= 0.6 is 11.6 Å². The molecule has 3 nitrogen and oxygen atoms in total. The van der Waals surface area contributed by atoms with Crippen LogP contribution in [0.3, 0.4) is 0 Å². The van der Waals surface area contributed by atoms with Gasteiger partial charge in [-0.15, -0.1) is 11.6 Å². The van der Waals surface area contributed by atoms with Gasteiger partial charge < -0.3 is 9.32 Å². The minimum absolute atomic E-state index is 0.141. The molecule has 2 rings (SSSR count). The molecule has 0 atom stereocenters. The number of anilines is 1. The molecule has 0 N–H and O–H groups in total. The molecule has 0 saturated carbocycles. The van der Waals surface area contributed by atoms with Crippen molar-refractivity contribution in [2.75, 3.05) is 10.8 Å². The van der Waals surface area contributed by atoms with Crippen molar-refractivity contribution in [1.82, 2.24) is 0 Å². The highest BCUT2D eigenvalue weighted by Crippen LogP contribution is 2.18. The van der Waals surface area contributed by atoms with E-state index in [4.69, 9.17) is 16.0 Å². The lowest BCUT2D eigenvalue weighted by Gasteiger charge is -2.20. The Balaban J connectivity index is 2.25. The second-order valence-electron chi connectivity index (χ2n) is 3.67. The lowest BCUT2D eigenvalue weighted by molar-refractivity contribution is -0.116. The van der Waals surface area contributed by atoms with Crippen LogP contribution in [0.4, 0.5) is 10.1 Å². The summed E-state index contributed by atoms with van der Waals surface area (Å²) < 4.78 is 18.1. The Labute approximate surface area is 109 Å². The van der Waals surface area contributed by atoms with Crippen LogP contribution in [-0.2, 0) is 11.3 Å². The van der Waals surface area contributed by atoms with Crippen LogP contribution in [0.2, 0.25) is 0 Å². The Hall–Kier alpha value is -1.81. The fourth-order valence-corrected chi connectivity index (χ4v) is 1.72. The average molecular weight is 268 g/mol. The van der Waals surface area contributed by atoms with Crippen molar-refractivity contribution in [2.45, 2.75) is 6.54 Å². The van der Waals surface area contributed by atoms with E-state index in [-0.39, 0.29) is 24.1 Å². The molecule has 18 heavy (non-hydrogen) atoms. The topological polar surface area (TPSA) is 33.5 Å².